The molecule has 30 heavy (non-hydrogen) atoms. The average molecular weight is 416 g/mol. The molecule has 0 aliphatic heterocycles. The number of amides is 2. The number of aromatic nitrogens is 3. The average Bonchev–Trinajstić information content (AvgIpc) is 2.89. The summed E-state index contributed by atoms with van der Waals surface area (Å²) in [4.78, 5) is 30.7. The van der Waals surface area contributed by atoms with Crippen molar-refractivity contribution in [3.63, 3.8) is 0 Å². The lowest BCUT2D eigenvalue weighted by atomic mass is 10.1. The minimum absolute atomic E-state index is 0.0507. The lowest BCUT2D eigenvalue weighted by Gasteiger charge is -2.27. The third kappa shape index (κ3) is 7.17. The number of carbonyl (C=O) groups is 2. The maximum absolute atomic E-state index is 12.6. The van der Waals surface area contributed by atoms with Gasteiger partial charge in [0.05, 0.1) is 18.7 Å². The van der Waals surface area contributed by atoms with Crippen molar-refractivity contribution in [2.24, 2.45) is 7.05 Å². The molecule has 2 heterocycles. The number of nitrogens with one attached hydrogen (secondary N) is 1. The zero-order chi connectivity index (χ0) is 22.3. The molecule has 2 aromatic heterocycles. The van der Waals surface area contributed by atoms with Gasteiger partial charge in [-0.1, -0.05) is 6.07 Å². The Morgan fingerprint density at radius 3 is 2.57 bits per heavy atom. The van der Waals surface area contributed by atoms with E-state index in [1.165, 1.54) is 0 Å². The quantitative estimate of drug-likeness (QED) is 0.670. The maximum Gasteiger partial charge on any atom is 0.410 e. The van der Waals surface area contributed by atoms with Crippen molar-refractivity contribution in [3.05, 3.63) is 47.0 Å². The molecule has 2 aromatic rings. The van der Waals surface area contributed by atoms with E-state index in [1.54, 1.807) is 22.0 Å². The van der Waals surface area contributed by atoms with Crippen molar-refractivity contribution in [1.82, 2.24) is 25.0 Å². The molecule has 2 rings (SSSR count). The summed E-state index contributed by atoms with van der Waals surface area (Å²) in [6.07, 6.45) is 3.98. The van der Waals surface area contributed by atoms with E-state index in [9.17, 15) is 9.59 Å². The minimum atomic E-state index is -0.572. The highest BCUT2D eigenvalue weighted by Gasteiger charge is 2.22. The van der Waals surface area contributed by atoms with Crippen LogP contribution in [-0.4, -0.2) is 50.4 Å². The molecule has 0 atom stereocenters. The Bertz CT molecular complexity index is 856. The molecule has 0 saturated heterocycles. The second-order valence-corrected chi connectivity index (χ2v) is 8.42. The van der Waals surface area contributed by atoms with Crippen molar-refractivity contribution in [1.29, 1.82) is 0 Å². The summed E-state index contributed by atoms with van der Waals surface area (Å²) in [5, 5.41) is 7.28. The number of pyridine rings is 1. The lowest BCUT2D eigenvalue weighted by Crippen LogP contribution is -2.38. The molecule has 0 spiro atoms. The van der Waals surface area contributed by atoms with Gasteiger partial charge in [-0.05, 0) is 52.7 Å². The predicted octanol–water partition coefficient (Wildman–Crippen LogP) is 2.92. The van der Waals surface area contributed by atoms with E-state index in [4.69, 9.17) is 4.74 Å². The van der Waals surface area contributed by atoms with Crippen LogP contribution in [0.1, 0.15) is 49.7 Å². The number of nitrogens with zero attached hydrogens (tertiary/aromatic N) is 4. The number of hydrogen-bond acceptors (Lipinski definition) is 5. The van der Waals surface area contributed by atoms with Crippen LogP contribution in [0.5, 0.6) is 0 Å². The molecule has 0 aliphatic carbocycles. The van der Waals surface area contributed by atoms with Crippen molar-refractivity contribution in [3.8, 4) is 0 Å². The Morgan fingerprint density at radius 2 is 2.00 bits per heavy atom. The van der Waals surface area contributed by atoms with Gasteiger partial charge in [0.25, 0.3) is 0 Å². The van der Waals surface area contributed by atoms with E-state index in [1.807, 2.05) is 53.8 Å². The summed E-state index contributed by atoms with van der Waals surface area (Å²) in [7, 11) is 1.87. The Labute approximate surface area is 178 Å². The molecule has 0 saturated carbocycles. The van der Waals surface area contributed by atoms with Gasteiger partial charge in [0, 0.05) is 43.8 Å². The third-order valence-electron chi connectivity index (χ3n) is 4.67. The van der Waals surface area contributed by atoms with Gasteiger partial charge in [-0.15, -0.1) is 0 Å². The van der Waals surface area contributed by atoms with Gasteiger partial charge in [-0.3, -0.25) is 14.5 Å². The molecule has 0 aliphatic rings. The predicted molar refractivity (Wildman–Crippen MR) is 115 cm³/mol. The first-order valence-corrected chi connectivity index (χ1v) is 10.2. The molecule has 8 heteroatoms. The second-order valence-electron chi connectivity index (χ2n) is 8.42. The highest BCUT2D eigenvalue weighted by atomic mass is 16.6. The van der Waals surface area contributed by atoms with Crippen molar-refractivity contribution < 1.29 is 14.3 Å². The highest BCUT2D eigenvalue weighted by molar-refractivity contribution is 5.79. The van der Waals surface area contributed by atoms with E-state index in [0.717, 1.165) is 22.5 Å². The fourth-order valence-electron chi connectivity index (χ4n) is 3.07. The van der Waals surface area contributed by atoms with Gasteiger partial charge in [0.1, 0.15) is 5.60 Å². The standard InChI is InChI=1S/C22H33N5O3/c1-16-19(17(2)26(6)25-16)13-20(28)24-11-8-12-27(21(29)30-22(3,4)5)15-18-9-7-10-23-14-18/h7,9-10,14H,8,11-13,15H2,1-6H3,(H,24,28). The summed E-state index contributed by atoms with van der Waals surface area (Å²) in [5.41, 5.74) is 3.18. The van der Waals surface area contributed by atoms with Crippen LogP contribution in [0.2, 0.25) is 0 Å². The van der Waals surface area contributed by atoms with Crippen LogP contribution in [0.25, 0.3) is 0 Å². The molecule has 2 amide bonds. The Hall–Kier alpha value is -2.90. The smallest absolute Gasteiger partial charge is 0.410 e. The summed E-state index contributed by atoms with van der Waals surface area (Å²) in [5.74, 6) is -0.0507. The van der Waals surface area contributed by atoms with Gasteiger partial charge >= 0.3 is 6.09 Å². The fraction of sp³-hybridized carbons (Fsp3) is 0.545. The van der Waals surface area contributed by atoms with Crippen molar-refractivity contribution in [2.45, 2.75) is 59.6 Å². The second kappa shape index (κ2) is 10.2. The molecule has 8 nitrogen and oxygen atoms in total. The van der Waals surface area contributed by atoms with Crippen LogP contribution in [0.4, 0.5) is 4.79 Å². The largest absolute Gasteiger partial charge is 0.444 e. The first kappa shape index (κ1) is 23.4. The van der Waals surface area contributed by atoms with Crippen LogP contribution in [0.15, 0.2) is 24.5 Å². The van der Waals surface area contributed by atoms with Crippen LogP contribution in [-0.2, 0) is 29.5 Å². The van der Waals surface area contributed by atoms with Gasteiger partial charge < -0.3 is 15.0 Å². The zero-order valence-electron chi connectivity index (χ0n) is 18.9. The molecular weight excluding hydrogens is 382 g/mol. The SMILES string of the molecule is Cc1nn(C)c(C)c1CC(=O)NCCCN(Cc1cccnc1)C(=O)OC(C)(C)C. The number of carbonyl (C=O) groups excluding carboxylic acids is 2. The summed E-state index contributed by atoms with van der Waals surface area (Å²) in [6, 6.07) is 3.76. The maximum atomic E-state index is 12.6. The number of ether oxygens (including phenoxy) is 1. The fourth-order valence-corrected chi connectivity index (χ4v) is 3.07. The first-order chi connectivity index (χ1) is 14.1. The summed E-state index contributed by atoms with van der Waals surface area (Å²) < 4.78 is 7.31. The van der Waals surface area contributed by atoms with E-state index >= 15 is 0 Å². The van der Waals surface area contributed by atoms with Crippen molar-refractivity contribution >= 4 is 12.0 Å². The molecule has 164 valence electrons. The zero-order valence-corrected chi connectivity index (χ0v) is 18.9. The molecule has 0 radical (unpaired) electrons. The Balaban J connectivity index is 1.88. The molecule has 0 unspecified atom stereocenters. The minimum Gasteiger partial charge on any atom is -0.444 e. The molecule has 1 N–H and O–H groups in total. The Morgan fingerprint density at radius 1 is 1.27 bits per heavy atom. The van der Waals surface area contributed by atoms with E-state index in [0.29, 0.717) is 32.5 Å². The monoisotopic (exact) mass is 415 g/mol. The van der Waals surface area contributed by atoms with Crippen molar-refractivity contribution in [2.75, 3.05) is 13.1 Å². The summed E-state index contributed by atoms with van der Waals surface area (Å²) >= 11 is 0. The third-order valence-corrected chi connectivity index (χ3v) is 4.67. The van der Waals surface area contributed by atoms with Gasteiger partial charge in [-0.2, -0.15) is 5.10 Å². The number of aryl methyl sites for hydroxylation is 2. The number of hydrogen-bond donors (Lipinski definition) is 1. The van der Waals surface area contributed by atoms with Gasteiger partial charge in [0.15, 0.2) is 0 Å². The van der Waals surface area contributed by atoms with E-state index in [2.05, 4.69) is 15.4 Å². The number of rotatable bonds is 8. The van der Waals surface area contributed by atoms with Crippen LogP contribution in [0.3, 0.4) is 0 Å². The highest BCUT2D eigenvalue weighted by Crippen LogP contribution is 2.14. The summed E-state index contributed by atoms with van der Waals surface area (Å²) in [6.45, 7) is 10.7. The van der Waals surface area contributed by atoms with Crippen LogP contribution < -0.4 is 5.32 Å². The van der Waals surface area contributed by atoms with E-state index < -0.39 is 5.60 Å². The first-order valence-electron chi connectivity index (χ1n) is 10.2. The molecular formula is C22H33N5O3. The van der Waals surface area contributed by atoms with Gasteiger partial charge in [-0.25, -0.2) is 4.79 Å². The molecule has 0 aromatic carbocycles. The Kier molecular flexibility index (Phi) is 7.97. The van der Waals surface area contributed by atoms with Crippen LogP contribution in [0, 0.1) is 13.8 Å². The molecule has 0 bridgehead atoms. The normalized spacial score (nSPS) is 11.3. The lowest BCUT2D eigenvalue weighted by molar-refractivity contribution is -0.120. The topological polar surface area (TPSA) is 89.4 Å². The van der Waals surface area contributed by atoms with E-state index in [-0.39, 0.29) is 12.0 Å². The molecule has 0 fully saturated rings. The van der Waals surface area contributed by atoms with Gasteiger partial charge in [0.2, 0.25) is 5.91 Å². The van der Waals surface area contributed by atoms with Crippen LogP contribution >= 0.6 is 0 Å².